The number of thiophene rings is 1. The molecule has 0 saturated carbocycles. The van der Waals surface area contributed by atoms with E-state index in [4.69, 9.17) is 0 Å². The lowest BCUT2D eigenvalue weighted by atomic mass is 9.83. The molecule has 3 heterocycles. The van der Waals surface area contributed by atoms with Crippen LogP contribution in [-0.4, -0.2) is 21.2 Å². The molecule has 1 atom stereocenters. The summed E-state index contributed by atoms with van der Waals surface area (Å²) in [6, 6.07) is 9.00. The number of halogens is 2. The fourth-order valence-corrected chi connectivity index (χ4v) is 3.87. The van der Waals surface area contributed by atoms with Crippen molar-refractivity contribution >= 4 is 28.1 Å². The third kappa shape index (κ3) is 2.02. The summed E-state index contributed by atoms with van der Waals surface area (Å²) >= 11 is 1.27. The summed E-state index contributed by atoms with van der Waals surface area (Å²) in [5, 5.41) is 1.68. The molecule has 0 spiro atoms. The maximum atomic E-state index is 14.9. The Bertz CT molecular complexity index is 964. The van der Waals surface area contributed by atoms with Crippen molar-refractivity contribution in [2.24, 2.45) is 4.99 Å². The van der Waals surface area contributed by atoms with Gasteiger partial charge in [-0.3, -0.25) is 9.98 Å². The van der Waals surface area contributed by atoms with Gasteiger partial charge in [-0.15, -0.1) is 11.3 Å². The summed E-state index contributed by atoms with van der Waals surface area (Å²) in [5.74, 6) is -3.00. The Morgan fingerprint density at radius 3 is 2.62 bits per heavy atom. The molecule has 0 bridgehead atoms. The van der Waals surface area contributed by atoms with E-state index in [2.05, 4.69) is 15.0 Å². The molecule has 1 aromatic carbocycles. The number of aliphatic imine (C=N–C) groups is 1. The van der Waals surface area contributed by atoms with Gasteiger partial charge in [-0.05, 0) is 36.9 Å². The number of para-hydroxylation sites is 2. The normalized spacial score (nSPS) is 22.2. The van der Waals surface area contributed by atoms with E-state index < -0.39 is 11.5 Å². The van der Waals surface area contributed by atoms with Gasteiger partial charge in [0.1, 0.15) is 16.9 Å². The fourth-order valence-electron chi connectivity index (χ4n) is 2.94. The molecule has 0 fully saturated rings. The standard InChI is InChI=1S/C18H15F2N3S/c1-3-17(2)18(19,20)11-8-9-24-16(11)15(23-17)14-10-21-12-6-4-5-7-13(12)22-14/h4-10H,3H2,1-2H3. The van der Waals surface area contributed by atoms with Crippen molar-refractivity contribution in [3.8, 4) is 0 Å². The Labute approximate surface area is 142 Å². The molecule has 6 heteroatoms. The van der Waals surface area contributed by atoms with Gasteiger partial charge in [0.2, 0.25) is 0 Å². The minimum Gasteiger partial charge on any atom is -0.268 e. The van der Waals surface area contributed by atoms with Crippen LogP contribution in [0.4, 0.5) is 8.78 Å². The molecule has 1 unspecified atom stereocenters. The van der Waals surface area contributed by atoms with Crippen LogP contribution < -0.4 is 0 Å². The second-order valence-corrected chi connectivity index (χ2v) is 6.99. The molecule has 3 nitrogen and oxygen atoms in total. The molecule has 3 aromatic rings. The Morgan fingerprint density at radius 1 is 1.12 bits per heavy atom. The molecule has 1 aliphatic heterocycles. The van der Waals surface area contributed by atoms with Crippen molar-refractivity contribution in [3.63, 3.8) is 0 Å². The largest absolute Gasteiger partial charge is 0.299 e. The first-order valence-electron chi connectivity index (χ1n) is 7.74. The van der Waals surface area contributed by atoms with E-state index in [9.17, 15) is 8.78 Å². The molecule has 0 N–H and O–H groups in total. The number of fused-ring (bicyclic) bond motifs is 2. The first kappa shape index (κ1) is 15.3. The van der Waals surface area contributed by atoms with Crippen LogP contribution in [0.25, 0.3) is 11.0 Å². The lowest BCUT2D eigenvalue weighted by Crippen LogP contribution is -2.45. The molecule has 122 valence electrons. The average molecular weight is 343 g/mol. The summed E-state index contributed by atoms with van der Waals surface area (Å²) < 4.78 is 29.8. The van der Waals surface area contributed by atoms with Crippen molar-refractivity contribution in [1.29, 1.82) is 0 Å². The molecule has 0 radical (unpaired) electrons. The summed E-state index contributed by atoms with van der Waals surface area (Å²) in [7, 11) is 0. The predicted octanol–water partition coefficient (Wildman–Crippen LogP) is 4.80. The smallest absolute Gasteiger partial charge is 0.268 e. The summed E-state index contributed by atoms with van der Waals surface area (Å²) in [5.41, 5.74) is 1.10. The van der Waals surface area contributed by atoms with Crippen molar-refractivity contribution in [2.75, 3.05) is 0 Å². The Hall–Kier alpha value is -2.21. The monoisotopic (exact) mass is 343 g/mol. The van der Waals surface area contributed by atoms with Gasteiger partial charge >= 0.3 is 0 Å². The Morgan fingerprint density at radius 2 is 1.88 bits per heavy atom. The molecular weight excluding hydrogens is 328 g/mol. The number of nitrogens with zero attached hydrogens (tertiary/aromatic N) is 3. The maximum absolute atomic E-state index is 14.9. The number of alkyl halides is 2. The van der Waals surface area contributed by atoms with Gasteiger partial charge < -0.3 is 0 Å². The Balaban J connectivity index is 1.96. The lowest BCUT2D eigenvalue weighted by Gasteiger charge is -2.37. The van der Waals surface area contributed by atoms with Crippen molar-refractivity contribution in [1.82, 2.24) is 9.97 Å². The second kappa shape index (κ2) is 5.14. The van der Waals surface area contributed by atoms with Crippen molar-refractivity contribution < 1.29 is 8.78 Å². The van der Waals surface area contributed by atoms with Crippen molar-refractivity contribution in [3.05, 3.63) is 58.0 Å². The zero-order valence-corrected chi connectivity index (χ0v) is 14.1. The summed E-state index contributed by atoms with van der Waals surface area (Å²) in [6.07, 6.45) is 1.85. The molecule has 2 aromatic heterocycles. The van der Waals surface area contributed by atoms with E-state index in [1.165, 1.54) is 24.3 Å². The van der Waals surface area contributed by atoms with Gasteiger partial charge in [0.25, 0.3) is 5.92 Å². The maximum Gasteiger partial charge on any atom is 0.299 e. The number of hydrogen-bond donors (Lipinski definition) is 0. The number of rotatable bonds is 2. The molecule has 0 amide bonds. The van der Waals surface area contributed by atoms with Crippen LogP contribution in [0, 0.1) is 0 Å². The van der Waals surface area contributed by atoms with Crippen LogP contribution >= 0.6 is 11.3 Å². The first-order valence-corrected chi connectivity index (χ1v) is 8.62. The van der Waals surface area contributed by atoms with Gasteiger partial charge in [-0.1, -0.05) is 19.1 Å². The summed E-state index contributed by atoms with van der Waals surface area (Å²) in [6.45, 7) is 3.24. The molecule has 4 rings (SSSR count). The van der Waals surface area contributed by atoms with E-state index >= 15 is 0 Å². The van der Waals surface area contributed by atoms with E-state index in [-0.39, 0.29) is 12.0 Å². The van der Waals surface area contributed by atoms with Crippen LogP contribution in [0.2, 0.25) is 0 Å². The van der Waals surface area contributed by atoms with Crippen molar-refractivity contribution in [2.45, 2.75) is 31.7 Å². The predicted molar refractivity (Wildman–Crippen MR) is 92.1 cm³/mol. The quantitative estimate of drug-likeness (QED) is 0.670. The molecule has 0 saturated heterocycles. The van der Waals surface area contributed by atoms with Crippen LogP contribution in [-0.2, 0) is 5.92 Å². The van der Waals surface area contributed by atoms with E-state index in [0.29, 0.717) is 16.3 Å². The highest BCUT2D eigenvalue weighted by atomic mass is 32.1. The van der Waals surface area contributed by atoms with Gasteiger partial charge in [0.15, 0.2) is 0 Å². The molecule has 0 aliphatic carbocycles. The van der Waals surface area contributed by atoms with E-state index in [1.807, 2.05) is 24.3 Å². The third-order valence-corrected chi connectivity index (χ3v) is 5.55. The van der Waals surface area contributed by atoms with Crippen LogP contribution in [0.1, 0.15) is 36.4 Å². The molecular formula is C18H15F2N3S. The van der Waals surface area contributed by atoms with Gasteiger partial charge in [-0.2, -0.15) is 8.78 Å². The van der Waals surface area contributed by atoms with Gasteiger partial charge in [0, 0.05) is 5.56 Å². The first-order chi connectivity index (χ1) is 11.5. The SMILES string of the molecule is CCC1(C)N=C(c2cnc3ccccc3n2)c2sccc2C1(F)F. The van der Waals surface area contributed by atoms with Crippen LogP contribution in [0.5, 0.6) is 0 Å². The highest BCUT2D eigenvalue weighted by Gasteiger charge is 2.55. The lowest BCUT2D eigenvalue weighted by molar-refractivity contribution is -0.0765. The molecule has 1 aliphatic rings. The Kier molecular flexibility index (Phi) is 3.28. The number of aromatic nitrogens is 2. The van der Waals surface area contributed by atoms with E-state index in [1.54, 1.807) is 18.5 Å². The highest BCUT2D eigenvalue weighted by molar-refractivity contribution is 7.12. The second-order valence-electron chi connectivity index (χ2n) is 6.07. The zero-order chi connectivity index (χ0) is 16.9. The third-order valence-electron chi connectivity index (χ3n) is 4.63. The van der Waals surface area contributed by atoms with Crippen LogP contribution in [0.3, 0.4) is 0 Å². The number of hydrogen-bond acceptors (Lipinski definition) is 4. The highest BCUT2D eigenvalue weighted by Crippen LogP contribution is 2.49. The molecule has 24 heavy (non-hydrogen) atoms. The topological polar surface area (TPSA) is 38.1 Å². The van der Waals surface area contributed by atoms with Gasteiger partial charge in [0.05, 0.1) is 22.1 Å². The summed E-state index contributed by atoms with van der Waals surface area (Å²) in [4.78, 5) is 13.9. The minimum atomic E-state index is -3.00. The van der Waals surface area contributed by atoms with Crippen LogP contribution in [0.15, 0.2) is 46.9 Å². The minimum absolute atomic E-state index is 0.0387. The zero-order valence-electron chi connectivity index (χ0n) is 13.3. The average Bonchev–Trinajstić information content (AvgIpc) is 3.09. The van der Waals surface area contributed by atoms with E-state index in [0.717, 1.165) is 11.0 Å². The number of benzene rings is 1. The fraction of sp³-hybridized carbons (Fsp3) is 0.278. The van der Waals surface area contributed by atoms with Gasteiger partial charge in [-0.25, -0.2) is 4.98 Å².